The van der Waals surface area contributed by atoms with Crippen molar-refractivity contribution in [3.63, 3.8) is 0 Å². The first-order chi connectivity index (χ1) is 11.7. The maximum Gasteiger partial charge on any atom is 0.303 e. The lowest BCUT2D eigenvalue weighted by atomic mass is 9.82. The molecule has 0 aliphatic carbocycles. The number of carbonyl (C=O) groups is 3. The second kappa shape index (κ2) is 10.4. The van der Waals surface area contributed by atoms with Crippen LogP contribution in [0.5, 0.6) is 0 Å². The van der Waals surface area contributed by atoms with Gasteiger partial charge >= 0.3 is 11.9 Å². The van der Waals surface area contributed by atoms with Crippen LogP contribution in [0, 0.1) is 11.8 Å². The molecule has 1 amide bonds. The third kappa shape index (κ3) is 7.39. The van der Waals surface area contributed by atoms with Gasteiger partial charge in [0.1, 0.15) is 6.61 Å². The second-order valence-corrected chi connectivity index (χ2v) is 6.51. The molecule has 1 rings (SSSR count). The summed E-state index contributed by atoms with van der Waals surface area (Å²) in [6.45, 7) is 7.22. The highest BCUT2D eigenvalue weighted by molar-refractivity contribution is 5.73. The molecule has 0 saturated carbocycles. The normalized spacial score (nSPS) is 29.0. The number of hydrogen-bond donors (Lipinski definition) is 2. The van der Waals surface area contributed by atoms with Crippen molar-refractivity contribution in [2.24, 2.45) is 11.8 Å². The zero-order valence-corrected chi connectivity index (χ0v) is 15.3. The molecule has 1 aliphatic rings. The largest absolute Gasteiger partial charge is 0.481 e. The van der Waals surface area contributed by atoms with Gasteiger partial charge in [-0.05, 0) is 24.7 Å². The Morgan fingerprint density at radius 1 is 1.12 bits per heavy atom. The third-order valence-electron chi connectivity index (χ3n) is 4.47. The lowest BCUT2D eigenvalue weighted by Gasteiger charge is -2.44. The Kier molecular flexibility index (Phi) is 8.85. The molecule has 25 heavy (non-hydrogen) atoms. The highest BCUT2D eigenvalue weighted by atomic mass is 16.7. The van der Waals surface area contributed by atoms with Crippen molar-refractivity contribution in [2.45, 2.75) is 65.4 Å². The molecule has 5 atom stereocenters. The monoisotopic (exact) mass is 359 g/mol. The molecule has 1 heterocycles. The van der Waals surface area contributed by atoms with Crippen LogP contribution >= 0.6 is 0 Å². The highest BCUT2D eigenvalue weighted by Gasteiger charge is 2.42. The molecular weight excluding hydrogens is 330 g/mol. The first-order valence-corrected chi connectivity index (χ1v) is 8.61. The second-order valence-electron chi connectivity index (χ2n) is 6.51. The fraction of sp³-hybridized carbons (Fsp3) is 0.824. The van der Waals surface area contributed by atoms with E-state index in [9.17, 15) is 14.4 Å². The van der Waals surface area contributed by atoms with Gasteiger partial charge in [-0.1, -0.05) is 13.8 Å². The number of nitrogens with one attached hydrogen (secondary N) is 1. The number of amides is 1. The van der Waals surface area contributed by atoms with E-state index >= 15 is 0 Å². The fourth-order valence-electron chi connectivity index (χ4n) is 2.84. The SMILES string of the molecule is CC(=O)NC1[C@H](OCCCCC(=O)O)OC(COC(C)=O)[C@H](C)[C@@H]1C. The number of carbonyl (C=O) groups excluding carboxylic acids is 2. The summed E-state index contributed by atoms with van der Waals surface area (Å²) in [6.07, 6.45) is 0.188. The number of aliphatic carboxylic acids is 1. The van der Waals surface area contributed by atoms with E-state index in [2.05, 4.69) is 5.32 Å². The van der Waals surface area contributed by atoms with Crippen LogP contribution in [0.4, 0.5) is 0 Å². The number of esters is 1. The number of ether oxygens (including phenoxy) is 3. The van der Waals surface area contributed by atoms with E-state index in [4.69, 9.17) is 19.3 Å². The number of carboxylic acids is 1. The predicted molar refractivity (Wildman–Crippen MR) is 88.7 cm³/mol. The van der Waals surface area contributed by atoms with Crippen molar-refractivity contribution in [3.8, 4) is 0 Å². The van der Waals surface area contributed by atoms with Crippen LogP contribution in [0.1, 0.15) is 47.0 Å². The van der Waals surface area contributed by atoms with Crippen molar-refractivity contribution in [3.05, 3.63) is 0 Å². The summed E-state index contributed by atoms with van der Waals surface area (Å²) in [6, 6.07) is -0.319. The molecular formula is C17H29NO7. The van der Waals surface area contributed by atoms with Gasteiger partial charge in [0, 0.05) is 26.9 Å². The summed E-state index contributed by atoms with van der Waals surface area (Å²) in [7, 11) is 0. The van der Waals surface area contributed by atoms with Crippen molar-refractivity contribution in [2.75, 3.05) is 13.2 Å². The lowest BCUT2D eigenvalue weighted by molar-refractivity contribution is -0.244. The van der Waals surface area contributed by atoms with Gasteiger partial charge in [0.2, 0.25) is 5.91 Å². The molecule has 144 valence electrons. The molecule has 1 aliphatic heterocycles. The molecule has 2 unspecified atom stereocenters. The smallest absolute Gasteiger partial charge is 0.303 e. The Morgan fingerprint density at radius 3 is 2.36 bits per heavy atom. The van der Waals surface area contributed by atoms with Gasteiger partial charge in [0.25, 0.3) is 0 Å². The molecule has 0 aromatic rings. The van der Waals surface area contributed by atoms with Crippen LogP contribution in [0.25, 0.3) is 0 Å². The molecule has 2 N–H and O–H groups in total. The Bertz CT molecular complexity index is 466. The first-order valence-electron chi connectivity index (χ1n) is 8.61. The minimum atomic E-state index is -0.839. The number of carboxylic acid groups (broad SMARTS) is 1. The van der Waals surface area contributed by atoms with Crippen molar-refractivity contribution >= 4 is 17.8 Å². The van der Waals surface area contributed by atoms with E-state index in [1.54, 1.807) is 0 Å². The minimum Gasteiger partial charge on any atom is -0.481 e. The first kappa shape index (κ1) is 21.4. The molecule has 0 spiro atoms. The van der Waals surface area contributed by atoms with Crippen molar-refractivity contribution in [1.82, 2.24) is 5.32 Å². The van der Waals surface area contributed by atoms with Gasteiger partial charge in [-0.15, -0.1) is 0 Å². The van der Waals surface area contributed by atoms with Gasteiger partial charge in [0.05, 0.1) is 12.1 Å². The lowest BCUT2D eigenvalue weighted by Crippen LogP contribution is -2.58. The maximum atomic E-state index is 11.5. The van der Waals surface area contributed by atoms with E-state index in [0.29, 0.717) is 19.4 Å². The van der Waals surface area contributed by atoms with Crippen LogP contribution in [0.3, 0.4) is 0 Å². The van der Waals surface area contributed by atoms with Gasteiger partial charge in [-0.3, -0.25) is 14.4 Å². The summed E-state index contributed by atoms with van der Waals surface area (Å²) in [5.41, 5.74) is 0. The fourth-order valence-corrected chi connectivity index (χ4v) is 2.84. The summed E-state index contributed by atoms with van der Waals surface area (Å²) in [4.78, 5) is 33.1. The molecule has 0 bridgehead atoms. The number of rotatable bonds is 9. The summed E-state index contributed by atoms with van der Waals surface area (Å²) >= 11 is 0. The maximum absolute atomic E-state index is 11.5. The number of unbranched alkanes of at least 4 members (excludes halogenated alkanes) is 1. The molecule has 0 radical (unpaired) electrons. The minimum absolute atomic E-state index is 0.0576. The van der Waals surface area contributed by atoms with E-state index in [-0.39, 0.29) is 48.9 Å². The van der Waals surface area contributed by atoms with Gasteiger partial charge < -0.3 is 24.6 Å². The van der Waals surface area contributed by atoms with Crippen LogP contribution in [-0.2, 0) is 28.6 Å². The standard InChI is InChI=1S/C17H29NO7/c1-10-11(2)16(18-12(3)19)17(23-8-6-5-7-15(21)22)25-14(10)9-24-13(4)20/h10-11,14,16-17H,5-9H2,1-4H3,(H,18,19)(H,21,22)/t10-,11+,14?,16?,17-/m1/s1. The quantitative estimate of drug-likeness (QED) is 0.472. The molecule has 8 heteroatoms. The summed E-state index contributed by atoms with van der Waals surface area (Å²) in [5.74, 6) is -1.27. The van der Waals surface area contributed by atoms with Gasteiger partial charge in [0.15, 0.2) is 6.29 Å². The van der Waals surface area contributed by atoms with Gasteiger partial charge in [-0.25, -0.2) is 0 Å². The Morgan fingerprint density at radius 2 is 1.80 bits per heavy atom. The van der Waals surface area contributed by atoms with Crippen LogP contribution in [-0.4, -0.2) is 54.6 Å². The summed E-state index contributed by atoms with van der Waals surface area (Å²) in [5, 5.41) is 11.5. The molecule has 0 aromatic carbocycles. The number of hydrogen-bond acceptors (Lipinski definition) is 6. The average molecular weight is 359 g/mol. The van der Waals surface area contributed by atoms with Crippen LogP contribution in [0.15, 0.2) is 0 Å². The summed E-state index contributed by atoms with van der Waals surface area (Å²) < 4.78 is 16.8. The zero-order valence-electron chi connectivity index (χ0n) is 15.3. The van der Waals surface area contributed by atoms with Crippen LogP contribution in [0.2, 0.25) is 0 Å². The third-order valence-corrected chi connectivity index (χ3v) is 4.47. The van der Waals surface area contributed by atoms with Gasteiger partial charge in [-0.2, -0.15) is 0 Å². The molecule has 0 aromatic heterocycles. The van der Waals surface area contributed by atoms with E-state index in [0.717, 1.165) is 0 Å². The molecule has 8 nitrogen and oxygen atoms in total. The predicted octanol–water partition coefficient (Wildman–Crippen LogP) is 1.32. The van der Waals surface area contributed by atoms with Crippen molar-refractivity contribution in [1.29, 1.82) is 0 Å². The Balaban J connectivity index is 2.66. The topological polar surface area (TPSA) is 111 Å². The van der Waals surface area contributed by atoms with E-state index in [1.165, 1.54) is 13.8 Å². The molecule has 1 saturated heterocycles. The van der Waals surface area contributed by atoms with Crippen LogP contribution < -0.4 is 5.32 Å². The average Bonchev–Trinajstić information content (AvgIpc) is 2.51. The Labute approximate surface area is 148 Å². The zero-order chi connectivity index (χ0) is 19.0. The van der Waals surface area contributed by atoms with E-state index < -0.39 is 12.3 Å². The highest BCUT2D eigenvalue weighted by Crippen LogP contribution is 2.31. The van der Waals surface area contributed by atoms with E-state index in [1.807, 2.05) is 13.8 Å². The molecule has 1 fully saturated rings. The van der Waals surface area contributed by atoms with Crippen molar-refractivity contribution < 1.29 is 33.7 Å². The Hall–Kier alpha value is -1.67.